The van der Waals surface area contributed by atoms with E-state index in [1.165, 1.54) is 16.7 Å². The van der Waals surface area contributed by atoms with Gasteiger partial charge in [-0.05, 0) is 37.5 Å². The lowest BCUT2D eigenvalue weighted by Crippen LogP contribution is -2.31. The fraction of sp³-hybridized carbons (Fsp3) is 0.333. The molecule has 3 N–H and O–H groups in total. The Morgan fingerprint density at radius 3 is 2.50 bits per heavy atom. The van der Waals surface area contributed by atoms with Crippen LogP contribution >= 0.6 is 0 Å². The molecule has 0 amide bonds. The summed E-state index contributed by atoms with van der Waals surface area (Å²) in [6.07, 6.45) is 0.579. The van der Waals surface area contributed by atoms with Gasteiger partial charge in [-0.3, -0.25) is 9.88 Å². The van der Waals surface area contributed by atoms with Crippen molar-refractivity contribution in [3.8, 4) is 11.5 Å². The minimum Gasteiger partial charge on any atom is -0.489 e. The average molecular weight is 377 g/mol. The van der Waals surface area contributed by atoms with E-state index in [-0.39, 0.29) is 6.17 Å². The van der Waals surface area contributed by atoms with Crippen molar-refractivity contribution in [3.63, 3.8) is 0 Å². The molecule has 7 heteroatoms. The second kappa shape index (κ2) is 6.15. The van der Waals surface area contributed by atoms with Gasteiger partial charge in [0, 0.05) is 24.1 Å². The van der Waals surface area contributed by atoms with E-state index in [4.69, 9.17) is 25.2 Å². The van der Waals surface area contributed by atoms with Crippen LogP contribution in [0.1, 0.15) is 34.8 Å². The minimum atomic E-state index is -0.287. The van der Waals surface area contributed by atoms with Gasteiger partial charge in [-0.25, -0.2) is 9.98 Å². The summed E-state index contributed by atoms with van der Waals surface area (Å²) in [6, 6.07) is 8.31. The number of imidazole rings is 1. The molecule has 2 aromatic carbocycles. The number of hydrogen-bond acceptors (Lipinski definition) is 6. The van der Waals surface area contributed by atoms with E-state index in [0.29, 0.717) is 25.1 Å². The third-order valence-electron chi connectivity index (χ3n) is 5.47. The normalized spacial score (nSPS) is 18.2. The molecule has 1 atom stereocenters. The number of fused-ring (bicyclic) bond motifs is 4. The molecule has 28 heavy (non-hydrogen) atoms. The summed E-state index contributed by atoms with van der Waals surface area (Å²) in [5.74, 6) is 2.50. The van der Waals surface area contributed by atoms with Crippen LogP contribution in [0, 0.1) is 20.8 Å². The Morgan fingerprint density at radius 1 is 1.00 bits per heavy atom. The number of nitrogens with two attached hydrogens (primary N) is 1. The zero-order valence-corrected chi connectivity index (χ0v) is 16.2. The minimum absolute atomic E-state index is 0.287. The summed E-state index contributed by atoms with van der Waals surface area (Å²) < 4.78 is 13.8. The lowest BCUT2D eigenvalue weighted by atomic mass is 9.98. The molecule has 0 saturated heterocycles. The highest BCUT2D eigenvalue weighted by molar-refractivity contribution is 5.95. The number of hydrogen-bond donors (Lipinski definition) is 2. The van der Waals surface area contributed by atoms with Crippen molar-refractivity contribution in [2.75, 3.05) is 18.5 Å². The van der Waals surface area contributed by atoms with Crippen LogP contribution in [0.15, 0.2) is 29.3 Å². The molecule has 0 radical (unpaired) electrons. The first-order chi connectivity index (χ1) is 13.5. The summed E-state index contributed by atoms with van der Waals surface area (Å²) in [6.45, 7) is 7.63. The molecule has 5 rings (SSSR count). The van der Waals surface area contributed by atoms with Crippen molar-refractivity contribution in [1.82, 2.24) is 9.55 Å². The number of ether oxygens (including phenoxy) is 2. The van der Waals surface area contributed by atoms with Gasteiger partial charge in [0.15, 0.2) is 23.6 Å². The summed E-state index contributed by atoms with van der Waals surface area (Å²) in [7, 11) is 0. The Labute approximate surface area is 163 Å². The van der Waals surface area contributed by atoms with Gasteiger partial charge in [0.05, 0.1) is 24.2 Å². The Morgan fingerprint density at radius 2 is 1.71 bits per heavy atom. The molecule has 2 aliphatic heterocycles. The summed E-state index contributed by atoms with van der Waals surface area (Å²) in [5, 5.41) is 3.10. The average Bonchev–Trinajstić information content (AvgIpc) is 2.83. The standard InChI is InChI=1S/C21H23N5O2/c1-11-7-13(3)14(8-12(11)2)19-24-20(22)25-21-23-15-9-17-18(10-16(15)26(19)21)28-6-4-5-27-17/h7-10,19H,4-6H2,1-3H3,(H3,22,23,24,25)/t19-/m0/s1. The van der Waals surface area contributed by atoms with Gasteiger partial charge in [0.2, 0.25) is 5.95 Å². The number of nitrogens with one attached hydrogen (secondary N) is 1. The Hall–Kier alpha value is -3.22. The first kappa shape index (κ1) is 16.9. The highest BCUT2D eigenvalue weighted by Crippen LogP contribution is 2.39. The number of rotatable bonds is 1. The van der Waals surface area contributed by atoms with E-state index in [1.54, 1.807) is 0 Å². The first-order valence-corrected chi connectivity index (χ1v) is 9.51. The van der Waals surface area contributed by atoms with Gasteiger partial charge in [-0.15, -0.1) is 0 Å². The highest BCUT2D eigenvalue weighted by atomic mass is 16.5. The summed E-state index contributed by atoms with van der Waals surface area (Å²) >= 11 is 0. The fourth-order valence-corrected chi connectivity index (χ4v) is 3.89. The number of aliphatic imine (C=N–C) groups is 1. The second-order valence-electron chi connectivity index (χ2n) is 7.45. The molecule has 0 unspecified atom stereocenters. The van der Waals surface area contributed by atoms with Crippen LogP contribution < -0.4 is 20.5 Å². The van der Waals surface area contributed by atoms with Crippen molar-refractivity contribution in [1.29, 1.82) is 0 Å². The second-order valence-corrected chi connectivity index (χ2v) is 7.45. The molecule has 0 bridgehead atoms. The van der Waals surface area contributed by atoms with E-state index in [2.05, 4.69) is 42.8 Å². The lowest BCUT2D eigenvalue weighted by Gasteiger charge is -2.25. The molecule has 0 spiro atoms. The third kappa shape index (κ3) is 2.58. The Balaban J connectivity index is 1.73. The van der Waals surface area contributed by atoms with Crippen molar-refractivity contribution in [2.45, 2.75) is 33.4 Å². The van der Waals surface area contributed by atoms with Crippen molar-refractivity contribution < 1.29 is 9.47 Å². The molecule has 1 aromatic heterocycles. The molecule has 0 fully saturated rings. The largest absolute Gasteiger partial charge is 0.489 e. The monoisotopic (exact) mass is 377 g/mol. The van der Waals surface area contributed by atoms with Crippen molar-refractivity contribution in [3.05, 3.63) is 46.5 Å². The van der Waals surface area contributed by atoms with Crippen LogP contribution in [-0.4, -0.2) is 28.7 Å². The van der Waals surface area contributed by atoms with Gasteiger partial charge in [0.1, 0.15) is 0 Å². The molecule has 2 aliphatic rings. The predicted octanol–water partition coefficient (Wildman–Crippen LogP) is 3.41. The van der Waals surface area contributed by atoms with Gasteiger partial charge in [-0.1, -0.05) is 12.1 Å². The predicted molar refractivity (Wildman–Crippen MR) is 109 cm³/mol. The lowest BCUT2D eigenvalue weighted by molar-refractivity contribution is 0.297. The first-order valence-electron chi connectivity index (χ1n) is 9.51. The SMILES string of the molecule is Cc1cc(C)c([C@H]2N=C(N)Nc3nc4cc5c(cc4n32)OCCCO5)cc1C. The van der Waals surface area contributed by atoms with Gasteiger partial charge in [-0.2, -0.15) is 0 Å². The van der Waals surface area contributed by atoms with Crippen LogP contribution in [0.2, 0.25) is 0 Å². The zero-order valence-electron chi connectivity index (χ0n) is 16.2. The molecule has 144 valence electrons. The quantitative estimate of drug-likeness (QED) is 0.679. The van der Waals surface area contributed by atoms with Crippen LogP contribution in [0.5, 0.6) is 11.5 Å². The van der Waals surface area contributed by atoms with Crippen LogP contribution in [-0.2, 0) is 0 Å². The molecule has 0 aliphatic carbocycles. The van der Waals surface area contributed by atoms with Crippen molar-refractivity contribution in [2.24, 2.45) is 10.7 Å². The van der Waals surface area contributed by atoms with Gasteiger partial charge < -0.3 is 15.2 Å². The van der Waals surface area contributed by atoms with Crippen LogP contribution in [0.25, 0.3) is 11.0 Å². The van der Waals surface area contributed by atoms with Crippen LogP contribution in [0.4, 0.5) is 5.95 Å². The number of aryl methyl sites for hydroxylation is 3. The van der Waals surface area contributed by atoms with Gasteiger partial charge >= 0.3 is 0 Å². The topological polar surface area (TPSA) is 86.7 Å². The van der Waals surface area contributed by atoms with E-state index in [9.17, 15) is 0 Å². The van der Waals surface area contributed by atoms with E-state index >= 15 is 0 Å². The number of nitrogens with zero attached hydrogens (tertiary/aromatic N) is 3. The Kier molecular flexibility index (Phi) is 3.72. The molecular formula is C21H23N5O2. The maximum atomic E-state index is 6.10. The number of benzene rings is 2. The maximum Gasteiger partial charge on any atom is 0.212 e. The van der Waals surface area contributed by atoms with Gasteiger partial charge in [0.25, 0.3) is 0 Å². The maximum absolute atomic E-state index is 6.10. The Bertz CT molecular complexity index is 1130. The zero-order chi connectivity index (χ0) is 19.4. The molecule has 0 saturated carbocycles. The molecule has 7 nitrogen and oxygen atoms in total. The third-order valence-corrected chi connectivity index (χ3v) is 5.47. The molecule has 3 heterocycles. The van der Waals surface area contributed by atoms with E-state index in [1.807, 2.05) is 12.1 Å². The van der Waals surface area contributed by atoms with E-state index in [0.717, 1.165) is 34.5 Å². The summed E-state index contributed by atoms with van der Waals surface area (Å²) in [4.78, 5) is 9.46. The fourth-order valence-electron chi connectivity index (χ4n) is 3.89. The smallest absolute Gasteiger partial charge is 0.212 e. The molecule has 3 aromatic rings. The van der Waals surface area contributed by atoms with Crippen molar-refractivity contribution >= 4 is 22.9 Å². The van der Waals surface area contributed by atoms with Crippen LogP contribution in [0.3, 0.4) is 0 Å². The highest BCUT2D eigenvalue weighted by Gasteiger charge is 2.28. The molecular weight excluding hydrogens is 354 g/mol. The number of guanidine groups is 1. The summed E-state index contributed by atoms with van der Waals surface area (Å²) in [5.41, 5.74) is 12.6. The number of anilines is 1. The number of aromatic nitrogens is 2. The van der Waals surface area contributed by atoms with E-state index < -0.39 is 0 Å².